The van der Waals surface area contributed by atoms with Gasteiger partial charge in [-0.05, 0) is 23.6 Å². The molecule has 3 aromatic rings. The zero-order chi connectivity index (χ0) is 11.8. The molecular formula is C12H10N2OS2. The molecule has 1 aromatic carbocycles. The Hall–Kier alpha value is -1.59. The second-order valence-corrected chi connectivity index (χ2v) is 5.50. The molecule has 0 bridgehead atoms. The van der Waals surface area contributed by atoms with Crippen LogP contribution in [0.3, 0.4) is 0 Å². The first-order valence-corrected chi connectivity index (χ1v) is 6.76. The van der Waals surface area contributed by atoms with Gasteiger partial charge in [0.05, 0.1) is 11.8 Å². The number of nitrogen functional groups attached to an aromatic ring is 1. The van der Waals surface area contributed by atoms with Gasteiger partial charge in [-0.3, -0.25) is 0 Å². The molecule has 0 amide bonds. The molecule has 0 unspecified atom stereocenters. The molecule has 17 heavy (non-hydrogen) atoms. The van der Waals surface area contributed by atoms with Crippen molar-refractivity contribution < 1.29 is 4.74 Å². The Labute approximate surface area is 106 Å². The van der Waals surface area contributed by atoms with Crippen LogP contribution in [-0.4, -0.2) is 12.1 Å². The number of hydrogen-bond donors (Lipinski definition) is 1. The summed E-state index contributed by atoms with van der Waals surface area (Å²) in [4.78, 5) is 5.55. The largest absolute Gasteiger partial charge is 0.494 e. The molecule has 5 heteroatoms. The molecule has 0 saturated carbocycles. The first-order valence-electron chi connectivity index (χ1n) is 5.06. The van der Waals surface area contributed by atoms with Crippen molar-refractivity contribution in [2.24, 2.45) is 0 Å². The van der Waals surface area contributed by atoms with E-state index in [4.69, 9.17) is 10.5 Å². The zero-order valence-electron chi connectivity index (χ0n) is 9.14. The summed E-state index contributed by atoms with van der Waals surface area (Å²) in [5, 5.41) is 2.64. The minimum atomic E-state index is 0.572. The van der Waals surface area contributed by atoms with E-state index in [1.165, 1.54) is 21.8 Å². The molecule has 0 fully saturated rings. The van der Waals surface area contributed by atoms with Gasteiger partial charge in [-0.25, -0.2) is 4.98 Å². The summed E-state index contributed by atoms with van der Waals surface area (Å²) in [6, 6.07) is 8.14. The monoisotopic (exact) mass is 262 g/mol. The summed E-state index contributed by atoms with van der Waals surface area (Å²) in [6.07, 6.45) is 0. The SMILES string of the molecule is COc1ccc(-c2cccs2)c2sc(N)nc12. The van der Waals surface area contributed by atoms with Gasteiger partial charge in [-0.15, -0.1) is 11.3 Å². The van der Waals surface area contributed by atoms with Gasteiger partial charge in [0.1, 0.15) is 11.3 Å². The van der Waals surface area contributed by atoms with Gasteiger partial charge in [0.2, 0.25) is 0 Å². The molecule has 3 nitrogen and oxygen atoms in total. The van der Waals surface area contributed by atoms with Crippen molar-refractivity contribution in [2.45, 2.75) is 0 Å². The maximum atomic E-state index is 5.79. The normalized spacial score (nSPS) is 10.9. The Morgan fingerprint density at radius 3 is 2.88 bits per heavy atom. The Morgan fingerprint density at radius 1 is 1.29 bits per heavy atom. The number of nitrogens with zero attached hydrogens (tertiary/aromatic N) is 1. The quantitative estimate of drug-likeness (QED) is 0.767. The van der Waals surface area contributed by atoms with E-state index >= 15 is 0 Å². The standard InChI is InChI=1S/C12H10N2OS2/c1-15-8-5-4-7(9-3-2-6-16-9)11-10(8)14-12(13)17-11/h2-6H,1H3,(H2,13,14). The average molecular weight is 262 g/mol. The molecule has 2 aromatic heterocycles. The number of thiophene rings is 1. The highest BCUT2D eigenvalue weighted by molar-refractivity contribution is 7.23. The molecule has 0 aliphatic heterocycles. The van der Waals surface area contributed by atoms with Crippen molar-refractivity contribution in [3.8, 4) is 16.2 Å². The minimum absolute atomic E-state index is 0.572. The zero-order valence-corrected chi connectivity index (χ0v) is 10.8. The Balaban J connectivity index is 2.34. The molecular weight excluding hydrogens is 252 g/mol. The lowest BCUT2D eigenvalue weighted by atomic mass is 10.1. The van der Waals surface area contributed by atoms with Crippen molar-refractivity contribution in [3.05, 3.63) is 29.6 Å². The van der Waals surface area contributed by atoms with Gasteiger partial charge in [0.15, 0.2) is 5.13 Å². The van der Waals surface area contributed by atoms with E-state index in [-0.39, 0.29) is 0 Å². The van der Waals surface area contributed by atoms with E-state index in [0.29, 0.717) is 5.13 Å². The summed E-state index contributed by atoms with van der Waals surface area (Å²) in [7, 11) is 1.65. The van der Waals surface area contributed by atoms with Crippen LogP contribution >= 0.6 is 22.7 Å². The lowest BCUT2D eigenvalue weighted by molar-refractivity contribution is 0.419. The van der Waals surface area contributed by atoms with E-state index in [1.807, 2.05) is 12.1 Å². The van der Waals surface area contributed by atoms with E-state index in [9.17, 15) is 0 Å². The fourth-order valence-electron chi connectivity index (χ4n) is 1.79. The minimum Gasteiger partial charge on any atom is -0.494 e. The van der Waals surface area contributed by atoms with Crippen LogP contribution in [0.15, 0.2) is 29.6 Å². The molecule has 3 rings (SSSR count). The third-order valence-corrected chi connectivity index (χ3v) is 4.35. The molecule has 0 saturated heterocycles. The molecule has 0 spiro atoms. The number of nitrogens with two attached hydrogens (primary N) is 1. The lowest BCUT2D eigenvalue weighted by Crippen LogP contribution is -1.86. The number of anilines is 1. The molecule has 0 aliphatic rings. The summed E-state index contributed by atoms with van der Waals surface area (Å²) >= 11 is 3.21. The topological polar surface area (TPSA) is 48.1 Å². The number of aromatic nitrogens is 1. The number of fused-ring (bicyclic) bond motifs is 1. The van der Waals surface area contributed by atoms with Crippen molar-refractivity contribution >= 4 is 38.0 Å². The van der Waals surface area contributed by atoms with Crippen molar-refractivity contribution in [2.75, 3.05) is 12.8 Å². The van der Waals surface area contributed by atoms with Gasteiger partial charge >= 0.3 is 0 Å². The fourth-order valence-corrected chi connectivity index (χ4v) is 3.49. The van der Waals surface area contributed by atoms with Crippen LogP contribution in [0.4, 0.5) is 5.13 Å². The third kappa shape index (κ3) is 1.67. The van der Waals surface area contributed by atoms with Gasteiger partial charge in [0.25, 0.3) is 0 Å². The second-order valence-electron chi connectivity index (χ2n) is 3.52. The van der Waals surface area contributed by atoms with E-state index < -0.39 is 0 Å². The first-order chi connectivity index (χ1) is 8.29. The molecule has 2 N–H and O–H groups in total. The second kappa shape index (κ2) is 4.01. The fraction of sp³-hybridized carbons (Fsp3) is 0.0833. The van der Waals surface area contributed by atoms with Crippen LogP contribution in [0.25, 0.3) is 20.7 Å². The number of ether oxygens (including phenoxy) is 1. The predicted octanol–water partition coefficient (Wildman–Crippen LogP) is 3.62. The Kier molecular flexibility index (Phi) is 2.49. The Bertz CT molecular complexity index is 659. The smallest absolute Gasteiger partial charge is 0.181 e. The van der Waals surface area contributed by atoms with Crippen LogP contribution in [0.1, 0.15) is 0 Å². The highest BCUT2D eigenvalue weighted by atomic mass is 32.1. The molecule has 0 aliphatic carbocycles. The third-order valence-electron chi connectivity index (χ3n) is 2.53. The van der Waals surface area contributed by atoms with Gasteiger partial charge in [-0.2, -0.15) is 0 Å². The van der Waals surface area contributed by atoms with Gasteiger partial charge in [-0.1, -0.05) is 17.4 Å². The van der Waals surface area contributed by atoms with Crippen LogP contribution in [-0.2, 0) is 0 Å². The highest BCUT2D eigenvalue weighted by Crippen LogP contribution is 2.39. The molecule has 0 radical (unpaired) electrons. The highest BCUT2D eigenvalue weighted by Gasteiger charge is 2.13. The maximum absolute atomic E-state index is 5.79. The number of rotatable bonds is 2. The van der Waals surface area contributed by atoms with Crippen molar-refractivity contribution in [3.63, 3.8) is 0 Å². The van der Waals surface area contributed by atoms with E-state index in [1.54, 1.807) is 18.4 Å². The maximum Gasteiger partial charge on any atom is 0.181 e. The van der Waals surface area contributed by atoms with Crippen LogP contribution in [0.5, 0.6) is 5.75 Å². The van der Waals surface area contributed by atoms with Crippen molar-refractivity contribution in [1.82, 2.24) is 4.98 Å². The number of benzene rings is 1. The van der Waals surface area contributed by atoms with Crippen LogP contribution < -0.4 is 10.5 Å². The van der Waals surface area contributed by atoms with E-state index in [2.05, 4.69) is 22.5 Å². The average Bonchev–Trinajstić information content (AvgIpc) is 2.95. The van der Waals surface area contributed by atoms with E-state index in [0.717, 1.165) is 16.0 Å². The first kappa shape index (κ1) is 10.6. The van der Waals surface area contributed by atoms with Gasteiger partial charge < -0.3 is 10.5 Å². The number of hydrogen-bond acceptors (Lipinski definition) is 5. The predicted molar refractivity (Wildman–Crippen MR) is 73.9 cm³/mol. The van der Waals surface area contributed by atoms with Gasteiger partial charge in [0, 0.05) is 10.4 Å². The summed E-state index contributed by atoms with van der Waals surface area (Å²) in [5.74, 6) is 0.772. The molecule has 2 heterocycles. The molecule has 0 atom stereocenters. The lowest BCUT2D eigenvalue weighted by Gasteiger charge is -2.03. The summed E-state index contributed by atoms with van der Waals surface area (Å²) in [6.45, 7) is 0. The number of methoxy groups -OCH3 is 1. The molecule has 86 valence electrons. The van der Waals surface area contributed by atoms with Crippen LogP contribution in [0, 0.1) is 0 Å². The number of thiazole rings is 1. The van der Waals surface area contributed by atoms with Crippen molar-refractivity contribution in [1.29, 1.82) is 0 Å². The summed E-state index contributed by atoms with van der Waals surface area (Å²) < 4.78 is 6.39. The Morgan fingerprint density at radius 2 is 2.18 bits per heavy atom. The van der Waals surface area contributed by atoms with Crippen LogP contribution in [0.2, 0.25) is 0 Å². The summed E-state index contributed by atoms with van der Waals surface area (Å²) in [5.41, 5.74) is 7.81.